The van der Waals surface area contributed by atoms with Gasteiger partial charge in [0.1, 0.15) is 0 Å². The molecule has 1 saturated heterocycles. The van der Waals surface area contributed by atoms with E-state index in [1.165, 1.54) is 5.56 Å². The number of carbonyl (C=O) groups is 2. The molecule has 4 heteroatoms. The SMILES string of the molecule is CCc1ccccc1N1CC(C(=O)NC2(c3ccccc3)CCC2)CC1=O. The summed E-state index contributed by atoms with van der Waals surface area (Å²) < 4.78 is 0. The second kappa shape index (κ2) is 7.18. The van der Waals surface area contributed by atoms with E-state index in [0.29, 0.717) is 6.54 Å². The first-order valence-corrected chi connectivity index (χ1v) is 9.89. The van der Waals surface area contributed by atoms with Crippen molar-refractivity contribution in [1.29, 1.82) is 0 Å². The lowest BCUT2D eigenvalue weighted by Gasteiger charge is -2.43. The van der Waals surface area contributed by atoms with Crippen LogP contribution in [0.25, 0.3) is 0 Å². The summed E-state index contributed by atoms with van der Waals surface area (Å²) in [7, 11) is 0. The number of nitrogens with zero attached hydrogens (tertiary/aromatic N) is 1. The molecule has 4 rings (SSSR count). The molecule has 1 atom stereocenters. The highest BCUT2D eigenvalue weighted by Gasteiger charge is 2.43. The highest BCUT2D eigenvalue weighted by molar-refractivity contribution is 6.01. The molecule has 2 aromatic rings. The summed E-state index contributed by atoms with van der Waals surface area (Å²) in [6.45, 7) is 2.55. The van der Waals surface area contributed by atoms with Crippen LogP contribution in [0, 0.1) is 5.92 Å². The lowest BCUT2D eigenvalue weighted by atomic mass is 9.71. The Morgan fingerprint density at radius 1 is 1.11 bits per heavy atom. The number of para-hydroxylation sites is 1. The van der Waals surface area contributed by atoms with Crippen molar-refractivity contribution in [2.45, 2.75) is 44.6 Å². The van der Waals surface area contributed by atoms with Crippen LogP contribution < -0.4 is 10.2 Å². The van der Waals surface area contributed by atoms with Crippen LogP contribution in [0.4, 0.5) is 5.69 Å². The van der Waals surface area contributed by atoms with Gasteiger partial charge in [-0.3, -0.25) is 9.59 Å². The van der Waals surface area contributed by atoms with E-state index in [1.54, 1.807) is 4.90 Å². The van der Waals surface area contributed by atoms with Crippen molar-refractivity contribution in [1.82, 2.24) is 5.32 Å². The van der Waals surface area contributed by atoms with Crippen LogP contribution >= 0.6 is 0 Å². The molecule has 2 amide bonds. The molecular weight excluding hydrogens is 336 g/mol. The van der Waals surface area contributed by atoms with Gasteiger partial charge >= 0.3 is 0 Å². The summed E-state index contributed by atoms with van der Waals surface area (Å²) >= 11 is 0. The van der Waals surface area contributed by atoms with Gasteiger partial charge in [-0.15, -0.1) is 0 Å². The lowest BCUT2D eigenvalue weighted by Crippen LogP contribution is -2.52. The zero-order chi connectivity index (χ0) is 18.9. The Labute approximate surface area is 160 Å². The minimum Gasteiger partial charge on any atom is -0.346 e. The zero-order valence-corrected chi connectivity index (χ0v) is 15.8. The van der Waals surface area contributed by atoms with Crippen molar-refractivity contribution in [2.24, 2.45) is 5.92 Å². The second-order valence-corrected chi connectivity index (χ2v) is 7.68. The predicted molar refractivity (Wildman–Crippen MR) is 106 cm³/mol. The fraction of sp³-hybridized carbons (Fsp3) is 0.391. The molecule has 1 unspecified atom stereocenters. The zero-order valence-electron chi connectivity index (χ0n) is 15.8. The molecule has 1 heterocycles. The summed E-state index contributed by atoms with van der Waals surface area (Å²) in [5, 5.41) is 3.29. The van der Waals surface area contributed by atoms with Crippen LogP contribution in [0.15, 0.2) is 54.6 Å². The van der Waals surface area contributed by atoms with Crippen molar-refractivity contribution in [3.05, 3.63) is 65.7 Å². The van der Waals surface area contributed by atoms with Crippen LogP contribution in [0.2, 0.25) is 0 Å². The van der Waals surface area contributed by atoms with Crippen molar-refractivity contribution in [3.8, 4) is 0 Å². The number of benzene rings is 2. The quantitative estimate of drug-likeness (QED) is 0.880. The van der Waals surface area contributed by atoms with Gasteiger partial charge in [0.15, 0.2) is 0 Å². The van der Waals surface area contributed by atoms with Crippen LogP contribution in [0.1, 0.15) is 43.7 Å². The maximum absolute atomic E-state index is 13.0. The number of hydrogen-bond donors (Lipinski definition) is 1. The van der Waals surface area contributed by atoms with Crippen LogP contribution in [0.3, 0.4) is 0 Å². The topological polar surface area (TPSA) is 49.4 Å². The van der Waals surface area contributed by atoms with Crippen molar-refractivity contribution < 1.29 is 9.59 Å². The molecule has 1 aliphatic heterocycles. The molecule has 2 aromatic carbocycles. The van der Waals surface area contributed by atoms with Crippen molar-refractivity contribution in [3.63, 3.8) is 0 Å². The second-order valence-electron chi connectivity index (χ2n) is 7.68. The molecule has 0 aromatic heterocycles. The predicted octanol–water partition coefficient (Wildman–Crippen LogP) is 3.80. The number of anilines is 1. The summed E-state index contributed by atoms with van der Waals surface area (Å²) in [6.07, 6.45) is 4.20. The molecule has 140 valence electrons. The molecule has 0 radical (unpaired) electrons. The number of amides is 2. The van der Waals surface area contributed by atoms with Gasteiger partial charge in [0.05, 0.1) is 11.5 Å². The molecule has 1 saturated carbocycles. The Kier molecular flexibility index (Phi) is 4.73. The highest BCUT2D eigenvalue weighted by Crippen LogP contribution is 2.41. The van der Waals surface area contributed by atoms with Crippen LogP contribution in [-0.4, -0.2) is 18.4 Å². The van der Waals surface area contributed by atoms with Gasteiger partial charge in [-0.1, -0.05) is 55.5 Å². The molecule has 4 nitrogen and oxygen atoms in total. The van der Waals surface area contributed by atoms with Crippen LogP contribution in [0.5, 0.6) is 0 Å². The van der Waals surface area contributed by atoms with E-state index >= 15 is 0 Å². The van der Waals surface area contributed by atoms with Crippen molar-refractivity contribution >= 4 is 17.5 Å². The molecule has 0 spiro atoms. The van der Waals surface area contributed by atoms with E-state index in [4.69, 9.17) is 0 Å². The van der Waals surface area contributed by atoms with E-state index in [0.717, 1.165) is 36.9 Å². The van der Waals surface area contributed by atoms with E-state index in [2.05, 4.69) is 30.4 Å². The minimum absolute atomic E-state index is 0.00313. The molecule has 1 aliphatic carbocycles. The molecular formula is C23H26N2O2. The van der Waals surface area contributed by atoms with Gasteiger partial charge < -0.3 is 10.2 Å². The third kappa shape index (κ3) is 3.25. The van der Waals surface area contributed by atoms with Gasteiger partial charge in [0.25, 0.3) is 0 Å². The van der Waals surface area contributed by atoms with Gasteiger partial charge in [-0.2, -0.15) is 0 Å². The molecule has 0 bridgehead atoms. The Balaban J connectivity index is 1.50. The van der Waals surface area contributed by atoms with Crippen molar-refractivity contribution in [2.75, 3.05) is 11.4 Å². The normalized spacial score (nSPS) is 21.0. The first-order valence-electron chi connectivity index (χ1n) is 9.89. The maximum atomic E-state index is 13.0. The lowest BCUT2D eigenvalue weighted by molar-refractivity contribution is -0.129. The highest BCUT2D eigenvalue weighted by atomic mass is 16.2. The van der Waals surface area contributed by atoms with E-state index < -0.39 is 0 Å². The van der Waals surface area contributed by atoms with E-state index in [1.807, 2.05) is 36.4 Å². The molecule has 27 heavy (non-hydrogen) atoms. The van der Waals surface area contributed by atoms with Gasteiger partial charge in [0, 0.05) is 18.7 Å². The smallest absolute Gasteiger partial charge is 0.227 e. The Morgan fingerprint density at radius 2 is 1.81 bits per heavy atom. The Hall–Kier alpha value is -2.62. The fourth-order valence-corrected chi connectivity index (χ4v) is 4.30. The first kappa shape index (κ1) is 17.8. The van der Waals surface area contributed by atoms with Gasteiger partial charge in [0.2, 0.25) is 11.8 Å². The molecule has 1 N–H and O–H groups in total. The molecule has 2 aliphatic rings. The number of rotatable bonds is 5. The minimum atomic E-state index is -0.288. The van der Waals surface area contributed by atoms with E-state index in [9.17, 15) is 9.59 Å². The Morgan fingerprint density at radius 3 is 2.48 bits per heavy atom. The van der Waals surface area contributed by atoms with Crippen LogP contribution in [-0.2, 0) is 21.5 Å². The summed E-state index contributed by atoms with van der Waals surface area (Å²) in [4.78, 5) is 27.4. The van der Waals surface area contributed by atoms with Gasteiger partial charge in [-0.05, 0) is 42.9 Å². The average molecular weight is 362 g/mol. The third-order valence-corrected chi connectivity index (χ3v) is 6.06. The van der Waals surface area contributed by atoms with Gasteiger partial charge in [-0.25, -0.2) is 0 Å². The first-order chi connectivity index (χ1) is 13.1. The standard InChI is InChI=1S/C23H26N2O2/c1-2-17-9-6-7-12-20(17)25-16-18(15-21(25)26)22(27)24-23(13-8-14-23)19-10-4-3-5-11-19/h3-7,9-12,18H,2,8,13-16H2,1H3,(H,24,27). The monoisotopic (exact) mass is 362 g/mol. The summed E-state index contributed by atoms with van der Waals surface area (Å²) in [6, 6.07) is 18.2. The summed E-state index contributed by atoms with van der Waals surface area (Å²) in [5.74, 6) is -0.245. The number of aryl methyl sites for hydroxylation is 1. The number of hydrogen-bond acceptors (Lipinski definition) is 2. The Bertz CT molecular complexity index is 842. The number of carbonyl (C=O) groups excluding carboxylic acids is 2. The largest absolute Gasteiger partial charge is 0.346 e. The third-order valence-electron chi connectivity index (χ3n) is 6.06. The fourth-order valence-electron chi connectivity index (χ4n) is 4.30. The number of nitrogens with one attached hydrogen (secondary N) is 1. The average Bonchev–Trinajstić information content (AvgIpc) is 3.07. The maximum Gasteiger partial charge on any atom is 0.227 e. The summed E-state index contributed by atoms with van der Waals surface area (Å²) in [5.41, 5.74) is 3.01. The molecule has 2 fully saturated rings. The van der Waals surface area contributed by atoms with E-state index in [-0.39, 0.29) is 29.7 Å².